The lowest BCUT2D eigenvalue weighted by Crippen LogP contribution is -2.08. The SMILES string of the molecule is CC.CC.CCCCC(C(C)=O)c1ccccc1. The summed E-state index contributed by atoms with van der Waals surface area (Å²) >= 11 is 0. The van der Waals surface area contributed by atoms with Gasteiger partial charge in [0, 0.05) is 5.92 Å². The fourth-order valence-corrected chi connectivity index (χ4v) is 1.70. The van der Waals surface area contributed by atoms with Gasteiger partial charge in [-0.1, -0.05) is 77.8 Å². The molecule has 0 spiro atoms. The largest absolute Gasteiger partial charge is 0.299 e. The predicted molar refractivity (Wildman–Crippen MR) is 82.1 cm³/mol. The van der Waals surface area contributed by atoms with Gasteiger partial charge in [-0.15, -0.1) is 0 Å². The Morgan fingerprint density at radius 2 is 1.56 bits per heavy atom. The molecular formula is C17H30O. The first-order valence-electron chi connectivity index (χ1n) is 7.31. The van der Waals surface area contributed by atoms with Crippen molar-refractivity contribution < 1.29 is 4.79 Å². The number of ketones is 1. The maximum atomic E-state index is 11.5. The maximum Gasteiger partial charge on any atom is 0.137 e. The summed E-state index contributed by atoms with van der Waals surface area (Å²) in [6.07, 6.45) is 3.26. The third-order valence-corrected chi connectivity index (χ3v) is 2.54. The van der Waals surface area contributed by atoms with Gasteiger partial charge in [-0.2, -0.15) is 0 Å². The standard InChI is InChI=1S/C13H18O.2C2H6/c1-3-4-10-13(11(2)14)12-8-6-5-7-9-12;2*1-2/h5-9,13H,3-4,10H2,1-2H3;2*1-2H3. The summed E-state index contributed by atoms with van der Waals surface area (Å²) in [6, 6.07) is 10.1. The van der Waals surface area contributed by atoms with Gasteiger partial charge in [0.15, 0.2) is 0 Å². The number of hydrogen-bond acceptors (Lipinski definition) is 1. The van der Waals surface area contributed by atoms with Gasteiger partial charge in [0.2, 0.25) is 0 Å². The van der Waals surface area contributed by atoms with Crippen molar-refractivity contribution in [3.8, 4) is 0 Å². The van der Waals surface area contributed by atoms with E-state index in [4.69, 9.17) is 0 Å². The van der Waals surface area contributed by atoms with Crippen molar-refractivity contribution >= 4 is 5.78 Å². The molecule has 0 amide bonds. The van der Waals surface area contributed by atoms with Crippen LogP contribution in [0.3, 0.4) is 0 Å². The van der Waals surface area contributed by atoms with Gasteiger partial charge in [-0.05, 0) is 18.9 Å². The molecule has 1 unspecified atom stereocenters. The third kappa shape index (κ3) is 8.05. The van der Waals surface area contributed by atoms with Crippen LogP contribution in [0.4, 0.5) is 0 Å². The van der Waals surface area contributed by atoms with Crippen LogP contribution in [0.2, 0.25) is 0 Å². The lowest BCUT2D eigenvalue weighted by atomic mass is 9.90. The number of hydrogen-bond donors (Lipinski definition) is 0. The van der Waals surface area contributed by atoms with Crippen molar-refractivity contribution in [2.75, 3.05) is 0 Å². The average Bonchev–Trinajstić information content (AvgIpc) is 2.44. The summed E-state index contributed by atoms with van der Waals surface area (Å²) in [5, 5.41) is 0. The van der Waals surface area contributed by atoms with Crippen LogP contribution >= 0.6 is 0 Å². The van der Waals surface area contributed by atoms with Gasteiger partial charge in [0.05, 0.1) is 0 Å². The Hall–Kier alpha value is -1.11. The first-order valence-corrected chi connectivity index (χ1v) is 7.31. The molecule has 0 saturated heterocycles. The molecule has 0 aliphatic carbocycles. The molecule has 0 saturated carbocycles. The number of carbonyl (C=O) groups excluding carboxylic acids is 1. The van der Waals surface area contributed by atoms with E-state index in [0.717, 1.165) is 24.8 Å². The van der Waals surface area contributed by atoms with Crippen LogP contribution in [0.5, 0.6) is 0 Å². The fourth-order valence-electron chi connectivity index (χ4n) is 1.70. The van der Waals surface area contributed by atoms with E-state index in [-0.39, 0.29) is 11.7 Å². The minimum absolute atomic E-state index is 0.108. The Morgan fingerprint density at radius 3 is 1.94 bits per heavy atom. The number of carbonyl (C=O) groups is 1. The maximum absolute atomic E-state index is 11.5. The molecule has 1 rings (SSSR count). The second-order valence-corrected chi connectivity index (χ2v) is 3.72. The zero-order chi connectivity index (χ0) is 14.4. The normalized spacial score (nSPS) is 10.3. The topological polar surface area (TPSA) is 17.1 Å². The predicted octanol–water partition coefficient (Wildman–Crippen LogP) is 5.60. The van der Waals surface area contributed by atoms with Crippen LogP contribution in [0, 0.1) is 0 Å². The van der Waals surface area contributed by atoms with Crippen LogP contribution in [0.25, 0.3) is 0 Å². The molecular weight excluding hydrogens is 220 g/mol. The van der Waals surface area contributed by atoms with Crippen LogP contribution in [0.15, 0.2) is 30.3 Å². The van der Waals surface area contributed by atoms with Crippen molar-refractivity contribution in [3.05, 3.63) is 35.9 Å². The Kier molecular flexibility index (Phi) is 14.9. The van der Waals surface area contributed by atoms with Gasteiger partial charge in [-0.25, -0.2) is 0 Å². The molecule has 1 nitrogen and oxygen atoms in total. The monoisotopic (exact) mass is 250 g/mol. The highest BCUT2D eigenvalue weighted by molar-refractivity contribution is 5.83. The van der Waals surface area contributed by atoms with Crippen molar-refractivity contribution in [3.63, 3.8) is 0 Å². The third-order valence-electron chi connectivity index (χ3n) is 2.54. The Labute approximate surface area is 114 Å². The summed E-state index contributed by atoms with van der Waals surface area (Å²) in [7, 11) is 0. The van der Waals surface area contributed by atoms with Gasteiger partial charge in [0.25, 0.3) is 0 Å². The molecule has 0 aromatic heterocycles. The number of rotatable bonds is 5. The molecule has 0 aliphatic heterocycles. The summed E-state index contributed by atoms with van der Waals surface area (Å²) in [4.78, 5) is 11.5. The highest BCUT2D eigenvalue weighted by Crippen LogP contribution is 2.22. The minimum atomic E-state index is 0.108. The molecule has 0 heterocycles. The van der Waals surface area contributed by atoms with Gasteiger partial charge < -0.3 is 0 Å². The number of benzene rings is 1. The van der Waals surface area contributed by atoms with E-state index >= 15 is 0 Å². The molecule has 0 fully saturated rings. The van der Waals surface area contributed by atoms with Crippen LogP contribution in [-0.2, 0) is 4.79 Å². The van der Waals surface area contributed by atoms with Crippen LogP contribution in [-0.4, -0.2) is 5.78 Å². The minimum Gasteiger partial charge on any atom is -0.299 e. The molecule has 0 bridgehead atoms. The van der Waals surface area contributed by atoms with Gasteiger partial charge >= 0.3 is 0 Å². The Morgan fingerprint density at radius 1 is 1.06 bits per heavy atom. The molecule has 1 heteroatoms. The Balaban J connectivity index is 0. The lowest BCUT2D eigenvalue weighted by Gasteiger charge is -2.13. The van der Waals surface area contributed by atoms with Crippen molar-refractivity contribution in [2.24, 2.45) is 0 Å². The molecule has 18 heavy (non-hydrogen) atoms. The molecule has 1 aromatic rings. The van der Waals surface area contributed by atoms with E-state index < -0.39 is 0 Å². The highest BCUT2D eigenvalue weighted by Gasteiger charge is 2.14. The summed E-state index contributed by atoms with van der Waals surface area (Å²) in [5.74, 6) is 0.390. The molecule has 1 aromatic carbocycles. The van der Waals surface area contributed by atoms with Gasteiger partial charge in [-0.3, -0.25) is 4.79 Å². The summed E-state index contributed by atoms with van der Waals surface area (Å²) in [6.45, 7) is 11.8. The van der Waals surface area contributed by atoms with Crippen molar-refractivity contribution in [2.45, 2.75) is 66.7 Å². The molecule has 0 radical (unpaired) electrons. The van der Waals surface area contributed by atoms with Crippen LogP contribution < -0.4 is 0 Å². The average molecular weight is 250 g/mol. The van der Waals surface area contributed by atoms with E-state index in [2.05, 4.69) is 6.92 Å². The zero-order valence-corrected chi connectivity index (χ0v) is 13.0. The summed E-state index contributed by atoms with van der Waals surface area (Å²) < 4.78 is 0. The zero-order valence-electron chi connectivity index (χ0n) is 13.0. The van der Waals surface area contributed by atoms with E-state index in [0.29, 0.717) is 0 Å². The second kappa shape index (κ2) is 14.0. The highest BCUT2D eigenvalue weighted by atomic mass is 16.1. The van der Waals surface area contributed by atoms with E-state index in [1.165, 1.54) is 0 Å². The number of Topliss-reactive ketones (excluding diaryl/α,β-unsaturated/α-hetero) is 1. The fraction of sp³-hybridized carbons (Fsp3) is 0.588. The second-order valence-electron chi connectivity index (χ2n) is 3.72. The quantitative estimate of drug-likeness (QED) is 0.664. The van der Waals surface area contributed by atoms with Crippen molar-refractivity contribution in [1.82, 2.24) is 0 Å². The Bertz CT molecular complexity index is 277. The van der Waals surface area contributed by atoms with Gasteiger partial charge in [0.1, 0.15) is 5.78 Å². The molecule has 0 N–H and O–H groups in total. The lowest BCUT2D eigenvalue weighted by molar-refractivity contribution is -0.118. The van der Waals surface area contributed by atoms with Crippen molar-refractivity contribution in [1.29, 1.82) is 0 Å². The summed E-state index contributed by atoms with van der Waals surface area (Å²) in [5.41, 5.74) is 1.16. The molecule has 1 atom stereocenters. The van der Waals surface area contributed by atoms with E-state index in [9.17, 15) is 4.79 Å². The first-order chi connectivity index (χ1) is 8.75. The molecule has 104 valence electrons. The van der Waals surface area contributed by atoms with E-state index in [1.807, 2.05) is 58.0 Å². The van der Waals surface area contributed by atoms with Crippen LogP contribution in [0.1, 0.15) is 72.3 Å². The number of unbranched alkanes of at least 4 members (excludes halogenated alkanes) is 1. The van der Waals surface area contributed by atoms with E-state index in [1.54, 1.807) is 6.92 Å². The smallest absolute Gasteiger partial charge is 0.137 e. The molecule has 0 aliphatic rings. The first kappa shape index (κ1) is 19.2.